The minimum Gasteiger partial charge on any atom is -0.507 e. The fourth-order valence-corrected chi connectivity index (χ4v) is 7.96. The lowest BCUT2D eigenvalue weighted by atomic mass is 9.81. The summed E-state index contributed by atoms with van der Waals surface area (Å²) in [4.78, 5) is 40.1. The van der Waals surface area contributed by atoms with Crippen LogP contribution >= 0.6 is 0 Å². The Labute approximate surface area is 259 Å². The van der Waals surface area contributed by atoms with Crippen LogP contribution in [0.5, 0.6) is 23.0 Å². The molecule has 45 heavy (non-hydrogen) atoms. The molecule has 232 valence electrons. The first-order valence-electron chi connectivity index (χ1n) is 15.3. The molecule has 7 rings (SSSR count). The third kappa shape index (κ3) is 4.02. The van der Waals surface area contributed by atoms with Gasteiger partial charge in [-0.2, -0.15) is 0 Å². The Balaban J connectivity index is 1.63. The van der Waals surface area contributed by atoms with Crippen molar-refractivity contribution in [1.29, 1.82) is 0 Å². The Kier molecular flexibility index (Phi) is 6.69. The summed E-state index contributed by atoms with van der Waals surface area (Å²) in [7, 11) is 4.57. The van der Waals surface area contributed by atoms with Gasteiger partial charge in [-0.3, -0.25) is 14.4 Å². The number of allylic oxidation sites excluding steroid dienone is 1. The third-order valence-electron chi connectivity index (χ3n) is 10.1. The molecule has 0 radical (unpaired) electrons. The highest BCUT2D eigenvalue weighted by molar-refractivity contribution is 6.39. The van der Waals surface area contributed by atoms with Crippen molar-refractivity contribution in [2.45, 2.75) is 46.0 Å². The molecule has 1 saturated carbocycles. The van der Waals surface area contributed by atoms with E-state index in [9.17, 15) is 19.5 Å². The quantitative estimate of drug-likeness (QED) is 0.160. The number of carbonyl (C=O) groups is 1. The van der Waals surface area contributed by atoms with Gasteiger partial charge in [0, 0.05) is 63.0 Å². The predicted molar refractivity (Wildman–Crippen MR) is 178 cm³/mol. The first kappa shape index (κ1) is 29.0. The van der Waals surface area contributed by atoms with Gasteiger partial charge in [0.15, 0.2) is 11.2 Å². The van der Waals surface area contributed by atoms with Crippen LogP contribution in [0.25, 0.3) is 49.2 Å². The standard InChI is InChI=1S/C36H36N2O7/c1-15-10-19-16(2)33(40)27-21(38-14-17-6-8-18(9-7-17)36(37)42)12-23(43-3)29-30-24(44-4)13-22(39)28-32(30)26(25(19)31(27)29)20(11-15)35(45-5)34(28)41/h10,12-13,17-18,38-39H,6-9,11,14H2,1-5H3,(H2,37,42). The zero-order valence-electron chi connectivity index (χ0n) is 26.1. The molecule has 0 aromatic heterocycles. The van der Waals surface area contributed by atoms with Crippen molar-refractivity contribution in [1.82, 2.24) is 0 Å². The van der Waals surface area contributed by atoms with Crippen LogP contribution < -0.4 is 36.1 Å². The number of nitrogens with one attached hydrogen (secondary N) is 1. The van der Waals surface area contributed by atoms with Crippen LogP contribution in [-0.2, 0) is 11.2 Å². The molecule has 5 aromatic carbocycles. The molecule has 0 bridgehead atoms. The van der Waals surface area contributed by atoms with E-state index < -0.39 is 5.43 Å². The Morgan fingerprint density at radius 3 is 2.11 bits per heavy atom. The van der Waals surface area contributed by atoms with Gasteiger partial charge in [0.1, 0.15) is 17.2 Å². The summed E-state index contributed by atoms with van der Waals surface area (Å²) in [6, 6.07) is 3.30. The fraction of sp³-hybridized carbons (Fsp3) is 0.361. The number of ether oxygens (including phenoxy) is 3. The summed E-state index contributed by atoms with van der Waals surface area (Å²) in [6.45, 7) is 4.45. The third-order valence-corrected chi connectivity index (χ3v) is 10.1. The molecule has 1 fully saturated rings. The van der Waals surface area contributed by atoms with E-state index in [4.69, 9.17) is 19.9 Å². The molecular weight excluding hydrogens is 572 g/mol. The zero-order valence-corrected chi connectivity index (χ0v) is 26.1. The Hall–Kier alpha value is -4.79. The van der Waals surface area contributed by atoms with Gasteiger partial charge in [0.25, 0.3) is 0 Å². The van der Waals surface area contributed by atoms with Crippen LogP contribution in [0.1, 0.15) is 49.3 Å². The van der Waals surface area contributed by atoms with Crippen molar-refractivity contribution in [3.8, 4) is 23.0 Å². The van der Waals surface area contributed by atoms with E-state index in [0.29, 0.717) is 74.1 Å². The molecule has 0 aliphatic heterocycles. The van der Waals surface area contributed by atoms with Crippen molar-refractivity contribution in [2.75, 3.05) is 33.2 Å². The SMILES string of the molecule is COc1c2c3c4c(c(C)c(=O)c5c(NCC6CCC(C(N)=O)CC6)cc(OC)c(c6c(OC)cc(O)c(c1=O)c63)c54)C=C(C)C2. The van der Waals surface area contributed by atoms with E-state index in [2.05, 4.69) is 5.32 Å². The van der Waals surface area contributed by atoms with Crippen LogP contribution in [0.15, 0.2) is 27.3 Å². The first-order chi connectivity index (χ1) is 21.6. The molecule has 0 heterocycles. The Bertz CT molecular complexity index is 2210. The van der Waals surface area contributed by atoms with E-state index >= 15 is 0 Å². The number of benzene rings is 5. The van der Waals surface area contributed by atoms with Gasteiger partial charge in [-0.05, 0) is 68.2 Å². The summed E-state index contributed by atoms with van der Waals surface area (Å²) < 4.78 is 17.6. The fourth-order valence-electron chi connectivity index (χ4n) is 7.96. The number of aromatic hydroxyl groups is 1. The van der Waals surface area contributed by atoms with Crippen LogP contribution in [0.4, 0.5) is 5.69 Å². The number of nitrogens with two attached hydrogens (primary N) is 1. The summed E-state index contributed by atoms with van der Waals surface area (Å²) >= 11 is 0. The average molecular weight is 609 g/mol. The van der Waals surface area contributed by atoms with Gasteiger partial charge in [-0.25, -0.2) is 0 Å². The van der Waals surface area contributed by atoms with E-state index in [0.717, 1.165) is 47.6 Å². The van der Waals surface area contributed by atoms with Crippen molar-refractivity contribution in [2.24, 2.45) is 17.6 Å². The molecule has 2 aliphatic rings. The second-order valence-corrected chi connectivity index (χ2v) is 12.6. The van der Waals surface area contributed by atoms with Gasteiger partial charge in [0.2, 0.25) is 11.3 Å². The second kappa shape index (κ2) is 10.4. The van der Waals surface area contributed by atoms with Gasteiger partial charge in [-0.1, -0.05) is 11.6 Å². The van der Waals surface area contributed by atoms with Crippen LogP contribution in [-0.4, -0.2) is 38.9 Å². The molecule has 0 spiro atoms. The molecule has 0 unspecified atom stereocenters. The lowest BCUT2D eigenvalue weighted by molar-refractivity contribution is -0.122. The maximum absolute atomic E-state index is 14.4. The lowest BCUT2D eigenvalue weighted by Gasteiger charge is -2.28. The number of hydrogen-bond acceptors (Lipinski definition) is 8. The van der Waals surface area contributed by atoms with Crippen LogP contribution in [0, 0.1) is 18.8 Å². The van der Waals surface area contributed by atoms with E-state index in [-0.39, 0.29) is 34.1 Å². The number of primary amides is 1. The smallest absolute Gasteiger partial charge is 0.232 e. The molecule has 4 N–H and O–H groups in total. The molecule has 9 heteroatoms. The molecule has 0 atom stereocenters. The highest BCUT2D eigenvalue weighted by Gasteiger charge is 2.32. The number of phenols is 1. The Morgan fingerprint density at radius 2 is 1.49 bits per heavy atom. The number of phenolic OH excluding ortho intramolecular Hbond substituents is 1. The predicted octanol–water partition coefficient (Wildman–Crippen LogP) is 5.60. The number of carbonyl (C=O) groups excluding carboxylic acids is 1. The average Bonchev–Trinajstić information content (AvgIpc) is 3.18. The molecular formula is C36H36N2O7. The highest BCUT2D eigenvalue weighted by Crippen LogP contribution is 2.53. The Morgan fingerprint density at radius 1 is 0.844 bits per heavy atom. The normalized spacial score (nSPS) is 18.1. The molecule has 5 aromatic rings. The first-order valence-corrected chi connectivity index (χ1v) is 15.3. The van der Waals surface area contributed by atoms with Crippen LogP contribution in [0.2, 0.25) is 0 Å². The van der Waals surface area contributed by atoms with E-state index in [1.807, 2.05) is 26.0 Å². The van der Waals surface area contributed by atoms with E-state index in [1.165, 1.54) is 20.3 Å². The van der Waals surface area contributed by atoms with E-state index in [1.54, 1.807) is 7.11 Å². The number of hydrogen-bond donors (Lipinski definition) is 3. The number of fused-ring (bicyclic) bond motifs is 1. The summed E-state index contributed by atoms with van der Waals surface area (Å²) in [5, 5.41) is 19.6. The van der Waals surface area contributed by atoms with Gasteiger partial charge < -0.3 is 30.4 Å². The van der Waals surface area contributed by atoms with Crippen molar-refractivity contribution < 1.29 is 24.1 Å². The molecule has 1 amide bonds. The van der Waals surface area contributed by atoms with Gasteiger partial charge >= 0.3 is 0 Å². The number of methoxy groups -OCH3 is 3. The van der Waals surface area contributed by atoms with Crippen molar-refractivity contribution in [3.05, 3.63) is 54.8 Å². The minimum atomic E-state index is -0.399. The monoisotopic (exact) mass is 608 g/mol. The number of rotatable bonds is 7. The molecule has 9 nitrogen and oxygen atoms in total. The second-order valence-electron chi connectivity index (χ2n) is 12.6. The zero-order chi connectivity index (χ0) is 31.9. The lowest BCUT2D eigenvalue weighted by Crippen LogP contribution is -2.29. The van der Waals surface area contributed by atoms with Crippen molar-refractivity contribution >= 4 is 60.8 Å². The topological polar surface area (TPSA) is 137 Å². The molecule has 0 saturated heterocycles. The minimum absolute atomic E-state index is 0.0832. The maximum Gasteiger partial charge on any atom is 0.232 e. The maximum atomic E-state index is 14.4. The number of amides is 1. The molecule has 2 aliphatic carbocycles. The highest BCUT2D eigenvalue weighted by atomic mass is 16.5. The summed E-state index contributed by atoms with van der Waals surface area (Å²) in [5.41, 5.74) is 8.79. The summed E-state index contributed by atoms with van der Waals surface area (Å²) in [5.74, 6) is 0.856. The summed E-state index contributed by atoms with van der Waals surface area (Å²) in [6.07, 6.45) is 5.72. The largest absolute Gasteiger partial charge is 0.507 e. The van der Waals surface area contributed by atoms with Crippen LogP contribution in [0.3, 0.4) is 0 Å². The number of anilines is 1. The van der Waals surface area contributed by atoms with Crippen molar-refractivity contribution in [3.63, 3.8) is 0 Å². The van der Waals surface area contributed by atoms with Gasteiger partial charge in [0.05, 0.1) is 32.1 Å². The van der Waals surface area contributed by atoms with Gasteiger partial charge in [-0.15, -0.1) is 0 Å².